The maximum absolute atomic E-state index is 14.4. The Hall–Kier alpha value is -7.58. The van der Waals surface area contributed by atoms with E-state index >= 15 is 0 Å². The van der Waals surface area contributed by atoms with E-state index in [1.807, 2.05) is 0 Å². The van der Waals surface area contributed by atoms with Gasteiger partial charge in [-0.3, -0.25) is 29.8 Å². The molecule has 0 saturated carbocycles. The molecule has 0 N–H and O–H groups in total. The molecule has 0 fully saturated rings. The predicted molar refractivity (Wildman–Crippen MR) is 197 cm³/mol. The van der Waals surface area contributed by atoms with E-state index in [9.17, 15) is 29.8 Å². The average Bonchev–Trinajstić information content (AvgIpc) is 3.75. The third-order valence-electron chi connectivity index (χ3n) is 8.06. The van der Waals surface area contributed by atoms with Crippen LogP contribution in [0, 0.1) is 20.2 Å². The molecule has 0 aliphatic carbocycles. The number of hydrogen-bond acceptors (Lipinski definition) is 16. The summed E-state index contributed by atoms with van der Waals surface area (Å²) in [6.07, 6.45) is 5.94. The summed E-state index contributed by atoms with van der Waals surface area (Å²) in [4.78, 5) is 77.9. The Morgan fingerprint density at radius 1 is 0.556 bits per heavy atom. The molecule has 0 aliphatic rings. The van der Waals surface area contributed by atoms with Crippen molar-refractivity contribution in [2.45, 2.75) is 0 Å². The zero-order valence-corrected chi connectivity index (χ0v) is 28.4. The first-order valence-electron chi connectivity index (χ1n) is 15.5. The number of non-ortho nitro benzene ring substituents is 2. The summed E-state index contributed by atoms with van der Waals surface area (Å²) in [5.74, 6) is 0.304. The first kappa shape index (κ1) is 32.3. The van der Waals surface area contributed by atoms with Crippen molar-refractivity contribution in [2.24, 2.45) is 0 Å². The molecule has 6 aromatic heterocycles. The van der Waals surface area contributed by atoms with Gasteiger partial charge >= 0.3 is 12.0 Å². The Morgan fingerprint density at radius 2 is 0.963 bits per heavy atom. The molecule has 0 aliphatic heterocycles. The van der Waals surface area contributed by atoms with Gasteiger partial charge in [-0.05, 0) is 42.5 Å². The monoisotopic (exact) mass is 756 g/mol. The van der Waals surface area contributed by atoms with Crippen molar-refractivity contribution in [3.8, 4) is 34.9 Å². The zero-order valence-electron chi connectivity index (χ0n) is 26.8. The summed E-state index contributed by atoms with van der Waals surface area (Å²) in [6.45, 7) is 0. The molecule has 0 unspecified atom stereocenters. The number of rotatable bonds is 8. The molecule has 0 saturated heterocycles. The number of benzene rings is 3. The molecule has 0 amide bonds. The Labute approximate surface area is 306 Å². The number of aromatic nitrogens is 8. The Morgan fingerprint density at radius 3 is 1.37 bits per heavy atom. The summed E-state index contributed by atoms with van der Waals surface area (Å²) in [7, 11) is 0. The van der Waals surface area contributed by atoms with Crippen molar-refractivity contribution < 1.29 is 19.3 Å². The molecule has 9 rings (SSSR count). The van der Waals surface area contributed by atoms with Crippen molar-refractivity contribution in [2.75, 3.05) is 0 Å². The molecule has 262 valence electrons. The average molecular weight is 757 g/mol. The first-order valence-corrected chi connectivity index (χ1v) is 17.1. The minimum atomic E-state index is -0.550. The van der Waals surface area contributed by atoms with Crippen molar-refractivity contribution in [3.05, 3.63) is 139 Å². The number of nitro groups is 2. The lowest BCUT2D eigenvalue weighted by Crippen LogP contribution is -2.23. The number of thiophene rings is 2. The third kappa shape index (κ3) is 5.41. The van der Waals surface area contributed by atoms with Gasteiger partial charge < -0.3 is 9.47 Å². The van der Waals surface area contributed by atoms with Crippen molar-refractivity contribution in [3.63, 3.8) is 0 Å². The number of nitrogens with zero attached hydrogens (tertiary/aromatic N) is 10. The van der Waals surface area contributed by atoms with Crippen LogP contribution in [0.15, 0.2) is 107 Å². The number of ether oxygens (including phenoxy) is 2. The van der Waals surface area contributed by atoms with Crippen LogP contribution in [-0.4, -0.2) is 48.9 Å². The van der Waals surface area contributed by atoms with Gasteiger partial charge in [-0.25, -0.2) is 29.1 Å². The van der Waals surface area contributed by atoms with Crippen LogP contribution in [0.2, 0.25) is 0 Å². The van der Waals surface area contributed by atoms with E-state index in [2.05, 4.69) is 29.9 Å². The van der Waals surface area contributed by atoms with Gasteiger partial charge in [-0.1, -0.05) is 6.07 Å². The summed E-state index contributed by atoms with van der Waals surface area (Å²) >= 11 is 2.18. The smallest absolute Gasteiger partial charge is 0.310 e. The minimum absolute atomic E-state index is 0.152. The lowest BCUT2D eigenvalue weighted by Gasteiger charge is -2.16. The van der Waals surface area contributed by atoms with Crippen LogP contribution in [0.4, 0.5) is 11.4 Å². The highest BCUT2D eigenvalue weighted by atomic mass is 32.1. The molecule has 54 heavy (non-hydrogen) atoms. The second kappa shape index (κ2) is 12.6. The molecular weight excluding hydrogens is 741 g/mol. The van der Waals surface area contributed by atoms with Crippen molar-refractivity contribution in [1.82, 2.24) is 39.0 Å². The molecule has 20 heteroatoms. The van der Waals surface area contributed by atoms with E-state index in [0.29, 0.717) is 20.7 Å². The van der Waals surface area contributed by atoms with Gasteiger partial charge in [0.1, 0.15) is 52.6 Å². The molecule has 0 radical (unpaired) electrons. The van der Waals surface area contributed by atoms with Crippen LogP contribution >= 0.6 is 22.7 Å². The second-order valence-corrected chi connectivity index (χ2v) is 13.3. The zero-order chi connectivity index (χ0) is 37.1. The Kier molecular flexibility index (Phi) is 7.53. The van der Waals surface area contributed by atoms with Gasteiger partial charge in [0, 0.05) is 49.1 Å². The molecule has 0 spiro atoms. The minimum Gasteiger partial charge on any atom is -0.425 e. The number of hydrogen-bond donors (Lipinski definition) is 0. The van der Waals surface area contributed by atoms with Gasteiger partial charge in [-0.15, -0.1) is 22.7 Å². The van der Waals surface area contributed by atoms with E-state index in [-0.39, 0.29) is 66.7 Å². The van der Waals surface area contributed by atoms with E-state index in [1.54, 1.807) is 18.2 Å². The summed E-state index contributed by atoms with van der Waals surface area (Å²) in [6, 6.07) is 16.4. The van der Waals surface area contributed by atoms with Crippen LogP contribution in [0.25, 0.3) is 52.5 Å². The highest BCUT2D eigenvalue weighted by Gasteiger charge is 2.24. The molecule has 0 atom stereocenters. The second-order valence-electron chi connectivity index (χ2n) is 11.3. The molecular formula is C34H16N10O8S2. The fourth-order valence-corrected chi connectivity index (χ4v) is 7.58. The number of fused-ring (bicyclic) bond motifs is 6. The lowest BCUT2D eigenvalue weighted by molar-refractivity contribution is -0.385. The van der Waals surface area contributed by atoms with E-state index in [0.717, 1.165) is 22.7 Å². The SMILES string of the molecule is O=c1c2sc3nccnc3c2nc(Oc2ccc([N+](=O)[O-])cc2)n1-c1cccc(-n2c(Oc3ccc([N+](=O)[O-])cc3)nc3c(sc4nccnc43)c2=O)c1. The maximum Gasteiger partial charge on any atom is 0.310 e. The Bertz CT molecular complexity index is 2920. The quantitative estimate of drug-likeness (QED) is 0.119. The summed E-state index contributed by atoms with van der Waals surface area (Å²) in [5.41, 5.74) is 0.289. The normalized spacial score (nSPS) is 11.4. The van der Waals surface area contributed by atoms with Crippen LogP contribution in [0.3, 0.4) is 0 Å². The van der Waals surface area contributed by atoms with Gasteiger partial charge in [0.15, 0.2) is 0 Å². The largest absolute Gasteiger partial charge is 0.425 e. The fraction of sp³-hybridized carbons (Fsp3) is 0. The van der Waals surface area contributed by atoms with Gasteiger partial charge in [0.05, 0.1) is 21.2 Å². The van der Waals surface area contributed by atoms with Gasteiger partial charge in [0.2, 0.25) is 0 Å². The van der Waals surface area contributed by atoms with Crippen molar-refractivity contribution >= 4 is 75.2 Å². The van der Waals surface area contributed by atoms with Crippen LogP contribution in [-0.2, 0) is 0 Å². The van der Waals surface area contributed by atoms with Crippen molar-refractivity contribution in [1.29, 1.82) is 0 Å². The molecule has 9 aromatic rings. The molecule has 18 nitrogen and oxygen atoms in total. The highest BCUT2D eigenvalue weighted by Crippen LogP contribution is 2.34. The maximum atomic E-state index is 14.4. The standard InChI is InChI=1S/C34H16N10O8S2/c45-31-27-23(25-29(53-27)37-14-12-35-25)39-33(51-21-8-4-17(5-9-21)43(47)48)41(31)19-2-1-3-20(16-19)42-32(46)28-24(26-30(54-28)38-15-13-36-26)40-34(42)52-22-10-6-18(7-11-22)44(49)50/h1-16H. The van der Waals surface area contributed by atoms with Crippen LogP contribution in [0.1, 0.15) is 0 Å². The first-order chi connectivity index (χ1) is 26.2. The number of nitro benzene ring substituents is 2. The van der Waals surface area contributed by atoms with Crippen LogP contribution in [0.5, 0.6) is 23.5 Å². The topological polar surface area (TPSA) is 226 Å². The van der Waals surface area contributed by atoms with Crippen LogP contribution < -0.4 is 20.6 Å². The van der Waals surface area contributed by atoms with Gasteiger partial charge in [0.25, 0.3) is 22.5 Å². The lowest BCUT2D eigenvalue weighted by atomic mass is 10.2. The third-order valence-corrected chi connectivity index (χ3v) is 10.2. The highest BCUT2D eigenvalue weighted by molar-refractivity contribution is 7.25. The Balaban J connectivity index is 1.25. The fourth-order valence-electron chi connectivity index (χ4n) is 5.64. The summed E-state index contributed by atoms with van der Waals surface area (Å²) < 4.78 is 15.1. The van der Waals surface area contributed by atoms with E-state index < -0.39 is 21.0 Å². The summed E-state index contributed by atoms with van der Waals surface area (Å²) in [5, 5.41) is 22.6. The van der Waals surface area contributed by atoms with E-state index in [4.69, 9.17) is 9.47 Å². The molecule has 3 aromatic carbocycles. The molecule has 0 bridgehead atoms. The predicted octanol–water partition coefficient (Wildman–Crippen LogP) is 6.50. The van der Waals surface area contributed by atoms with Gasteiger partial charge in [-0.2, -0.15) is 9.97 Å². The van der Waals surface area contributed by atoms with E-state index in [1.165, 1.54) is 88.5 Å². The molecule has 6 heterocycles.